The van der Waals surface area contributed by atoms with E-state index in [-0.39, 0.29) is 5.92 Å². The number of nitrogens with zero attached hydrogens (tertiary/aromatic N) is 1. The van der Waals surface area contributed by atoms with E-state index < -0.39 is 0 Å². The molecule has 3 heteroatoms. The molecule has 0 bridgehead atoms. The number of likely N-dealkylation sites (tertiary alicyclic amines) is 1. The highest BCUT2D eigenvalue weighted by Gasteiger charge is 2.33. The van der Waals surface area contributed by atoms with Crippen molar-refractivity contribution in [1.82, 2.24) is 4.90 Å². The zero-order chi connectivity index (χ0) is 13.6. The molecule has 0 aromatic rings. The number of amides is 1. The fraction of sp³-hybridized carbons (Fsp3) is 0.933. The van der Waals surface area contributed by atoms with Gasteiger partial charge in [0.2, 0.25) is 5.91 Å². The lowest BCUT2D eigenvalue weighted by atomic mass is 9.74. The summed E-state index contributed by atoms with van der Waals surface area (Å²) < 4.78 is 0. The Labute approximate surface area is 112 Å². The van der Waals surface area contributed by atoms with Crippen LogP contribution in [0.3, 0.4) is 0 Å². The molecule has 0 spiro atoms. The van der Waals surface area contributed by atoms with Crippen molar-refractivity contribution >= 4 is 5.91 Å². The lowest BCUT2D eigenvalue weighted by Gasteiger charge is -2.41. The van der Waals surface area contributed by atoms with Crippen LogP contribution in [0.1, 0.15) is 59.3 Å². The minimum Gasteiger partial charge on any atom is -0.342 e. The minimum absolute atomic E-state index is 0.143. The van der Waals surface area contributed by atoms with Crippen molar-refractivity contribution in [2.45, 2.75) is 59.3 Å². The van der Waals surface area contributed by atoms with Crippen LogP contribution in [-0.2, 0) is 4.79 Å². The molecule has 2 N–H and O–H groups in total. The van der Waals surface area contributed by atoms with E-state index in [9.17, 15) is 4.79 Å². The maximum Gasteiger partial charge on any atom is 0.225 e. The Morgan fingerprint density at radius 3 is 2.28 bits per heavy atom. The van der Waals surface area contributed by atoms with Crippen molar-refractivity contribution < 1.29 is 4.79 Å². The summed E-state index contributed by atoms with van der Waals surface area (Å²) in [6.45, 7) is 9.20. The standard InChI is InChI=1S/C15H30N2O/c1-4-15(5-2)8-11-17(12-9-15)14(18)13(3)7-6-10-16/h13H,4-12,16H2,1-3H3. The molecule has 0 aliphatic carbocycles. The molecule has 0 radical (unpaired) electrons. The highest BCUT2D eigenvalue weighted by Crippen LogP contribution is 2.38. The second-order valence-corrected chi connectivity index (χ2v) is 5.86. The fourth-order valence-corrected chi connectivity index (χ4v) is 3.02. The first-order chi connectivity index (χ1) is 8.58. The molecule has 0 aromatic heterocycles. The Kier molecular flexibility index (Phi) is 6.13. The topological polar surface area (TPSA) is 46.3 Å². The third kappa shape index (κ3) is 3.71. The number of nitrogens with two attached hydrogens (primary N) is 1. The Hall–Kier alpha value is -0.570. The van der Waals surface area contributed by atoms with Crippen LogP contribution < -0.4 is 5.73 Å². The quantitative estimate of drug-likeness (QED) is 0.792. The van der Waals surface area contributed by atoms with Gasteiger partial charge in [-0.1, -0.05) is 33.6 Å². The largest absolute Gasteiger partial charge is 0.342 e. The maximum absolute atomic E-state index is 12.3. The zero-order valence-corrected chi connectivity index (χ0v) is 12.4. The van der Waals surface area contributed by atoms with Crippen LogP contribution in [0.5, 0.6) is 0 Å². The van der Waals surface area contributed by atoms with Crippen LogP contribution in [0, 0.1) is 11.3 Å². The van der Waals surface area contributed by atoms with Gasteiger partial charge in [0.1, 0.15) is 0 Å². The van der Waals surface area contributed by atoms with Crippen molar-refractivity contribution in [2.75, 3.05) is 19.6 Å². The summed E-state index contributed by atoms with van der Waals surface area (Å²) in [5, 5.41) is 0. The van der Waals surface area contributed by atoms with Crippen molar-refractivity contribution in [3.8, 4) is 0 Å². The number of hydrogen-bond donors (Lipinski definition) is 1. The van der Waals surface area contributed by atoms with Crippen molar-refractivity contribution in [3.05, 3.63) is 0 Å². The molecule has 106 valence electrons. The van der Waals surface area contributed by atoms with Crippen LogP contribution >= 0.6 is 0 Å². The fourth-order valence-electron chi connectivity index (χ4n) is 3.02. The van der Waals surface area contributed by atoms with Gasteiger partial charge in [0, 0.05) is 19.0 Å². The molecule has 3 nitrogen and oxygen atoms in total. The first-order valence-electron chi connectivity index (χ1n) is 7.57. The summed E-state index contributed by atoms with van der Waals surface area (Å²) in [6.07, 6.45) is 6.72. The molecule has 0 aromatic carbocycles. The summed E-state index contributed by atoms with van der Waals surface area (Å²) in [4.78, 5) is 14.4. The highest BCUT2D eigenvalue weighted by atomic mass is 16.2. The maximum atomic E-state index is 12.3. The van der Waals surface area contributed by atoms with Gasteiger partial charge < -0.3 is 10.6 Å². The molecule has 1 aliphatic rings. The molecule has 1 aliphatic heterocycles. The average Bonchev–Trinajstić information content (AvgIpc) is 2.44. The first-order valence-corrected chi connectivity index (χ1v) is 7.57. The number of carbonyl (C=O) groups is 1. The zero-order valence-electron chi connectivity index (χ0n) is 12.4. The summed E-state index contributed by atoms with van der Waals surface area (Å²) in [7, 11) is 0. The monoisotopic (exact) mass is 254 g/mol. The van der Waals surface area contributed by atoms with Crippen LogP contribution in [0.4, 0.5) is 0 Å². The van der Waals surface area contributed by atoms with E-state index in [1.165, 1.54) is 25.7 Å². The molecule has 1 fully saturated rings. The van der Waals surface area contributed by atoms with Gasteiger partial charge in [-0.3, -0.25) is 4.79 Å². The van der Waals surface area contributed by atoms with Gasteiger partial charge in [0.25, 0.3) is 0 Å². The van der Waals surface area contributed by atoms with Crippen LogP contribution in [0.25, 0.3) is 0 Å². The highest BCUT2D eigenvalue weighted by molar-refractivity contribution is 5.78. The van der Waals surface area contributed by atoms with Crippen molar-refractivity contribution in [2.24, 2.45) is 17.1 Å². The van der Waals surface area contributed by atoms with Crippen LogP contribution in [-0.4, -0.2) is 30.4 Å². The summed E-state index contributed by atoms with van der Waals surface area (Å²) in [6, 6.07) is 0. The predicted molar refractivity (Wildman–Crippen MR) is 76.3 cm³/mol. The van der Waals surface area contributed by atoms with Gasteiger partial charge in [0.15, 0.2) is 0 Å². The molecular formula is C15H30N2O. The van der Waals surface area contributed by atoms with E-state index in [0.717, 1.165) is 25.9 Å². The second-order valence-electron chi connectivity index (χ2n) is 5.86. The molecule has 18 heavy (non-hydrogen) atoms. The number of hydrogen-bond acceptors (Lipinski definition) is 2. The Morgan fingerprint density at radius 1 is 1.28 bits per heavy atom. The number of rotatable bonds is 6. The average molecular weight is 254 g/mol. The third-order valence-electron chi connectivity index (χ3n) is 4.90. The van der Waals surface area contributed by atoms with E-state index in [1.54, 1.807) is 0 Å². The van der Waals surface area contributed by atoms with Crippen LogP contribution in [0.2, 0.25) is 0 Å². The number of piperidine rings is 1. The molecule has 1 atom stereocenters. The Bertz CT molecular complexity index is 251. The van der Waals surface area contributed by atoms with Gasteiger partial charge in [-0.15, -0.1) is 0 Å². The van der Waals surface area contributed by atoms with Gasteiger partial charge in [-0.05, 0) is 37.6 Å². The van der Waals surface area contributed by atoms with Crippen molar-refractivity contribution in [1.29, 1.82) is 0 Å². The first kappa shape index (κ1) is 15.5. The Morgan fingerprint density at radius 2 is 1.83 bits per heavy atom. The molecule has 0 saturated carbocycles. The minimum atomic E-state index is 0.143. The van der Waals surface area contributed by atoms with Gasteiger partial charge in [-0.2, -0.15) is 0 Å². The van der Waals surface area contributed by atoms with Gasteiger partial charge in [0.05, 0.1) is 0 Å². The van der Waals surface area contributed by atoms with E-state index in [1.807, 2.05) is 6.92 Å². The van der Waals surface area contributed by atoms with Crippen LogP contribution in [0.15, 0.2) is 0 Å². The number of carbonyl (C=O) groups excluding carboxylic acids is 1. The predicted octanol–water partition coefficient (Wildman–Crippen LogP) is 2.79. The summed E-state index contributed by atoms with van der Waals surface area (Å²) in [5.74, 6) is 0.480. The molecule has 1 unspecified atom stereocenters. The molecule has 1 rings (SSSR count). The summed E-state index contributed by atoms with van der Waals surface area (Å²) in [5.41, 5.74) is 6.00. The lowest BCUT2D eigenvalue weighted by Crippen LogP contribution is -2.44. The van der Waals surface area contributed by atoms with E-state index >= 15 is 0 Å². The lowest BCUT2D eigenvalue weighted by molar-refractivity contribution is -0.137. The molecular weight excluding hydrogens is 224 g/mol. The molecule has 1 heterocycles. The molecule has 1 amide bonds. The van der Waals surface area contributed by atoms with Crippen molar-refractivity contribution in [3.63, 3.8) is 0 Å². The Balaban J connectivity index is 2.44. The normalized spacial score (nSPS) is 20.8. The van der Waals surface area contributed by atoms with E-state index in [2.05, 4.69) is 18.7 Å². The SMILES string of the molecule is CCC1(CC)CCN(C(=O)C(C)CCCN)CC1. The molecule has 1 saturated heterocycles. The van der Waals surface area contributed by atoms with Gasteiger partial charge in [-0.25, -0.2) is 0 Å². The summed E-state index contributed by atoms with van der Waals surface area (Å²) >= 11 is 0. The second kappa shape index (κ2) is 7.13. The third-order valence-corrected chi connectivity index (χ3v) is 4.90. The van der Waals surface area contributed by atoms with Gasteiger partial charge >= 0.3 is 0 Å². The smallest absolute Gasteiger partial charge is 0.225 e. The van der Waals surface area contributed by atoms with E-state index in [4.69, 9.17) is 5.73 Å². The van der Waals surface area contributed by atoms with E-state index in [0.29, 0.717) is 17.9 Å².